The van der Waals surface area contributed by atoms with E-state index in [1.807, 2.05) is 0 Å². The SMILES string of the molecule is CN(C1CCCCC1)S(=O)(=O)N1CCN(C(=O)Nc2cccc(OC(F)F)c2)CC1. The van der Waals surface area contributed by atoms with Crippen LogP contribution in [0.1, 0.15) is 32.1 Å². The topological polar surface area (TPSA) is 82.2 Å². The number of urea groups is 1. The zero-order chi connectivity index (χ0) is 21.7. The minimum Gasteiger partial charge on any atom is -0.435 e. The van der Waals surface area contributed by atoms with Crippen LogP contribution >= 0.6 is 0 Å². The van der Waals surface area contributed by atoms with Crippen molar-refractivity contribution in [3.63, 3.8) is 0 Å². The Bertz CT molecular complexity index is 826. The number of hydrogen-bond acceptors (Lipinski definition) is 4. The minimum absolute atomic E-state index is 0.0350. The van der Waals surface area contributed by atoms with E-state index in [4.69, 9.17) is 0 Å². The lowest BCUT2D eigenvalue weighted by Crippen LogP contribution is -2.55. The number of amides is 2. The number of halogens is 2. The fourth-order valence-corrected chi connectivity index (χ4v) is 5.47. The molecule has 30 heavy (non-hydrogen) atoms. The Morgan fingerprint density at radius 3 is 2.47 bits per heavy atom. The molecular formula is C19H28F2N4O4S. The number of rotatable bonds is 6. The maximum atomic E-state index is 12.9. The summed E-state index contributed by atoms with van der Waals surface area (Å²) in [4.78, 5) is 14.0. The van der Waals surface area contributed by atoms with Gasteiger partial charge in [0, 0.05) is 51.0 Å². The highest BCUT2D eigenvalue weighted by Gasteiger charge is 2.35. The first-order valence-electron chi connectivity index (χ1n) is 10.1. The van der Waals surface area contributed by atoms with Crippen molar-refractivity contribution in [3.8, 4) is 5.75 Å². The highest BCUT2D eigenvalue weighted by Crippen LogP contribution is 2.25. The van der Waals surface area contributed by atoms with Crippen molar-refractivity contribution in [2.24, 2.45) is 0 Å². The molecule has 2 amide bonds. The molecule has 0 unspecified atom stereocenters. The third-order valence-corrected chi connectivity index (χ3v) is 7.66. The minimum atomic E-state index is -3.57. The molecule has 0 spiro atoms. The summed E-state index contributed by atoms with van der Waals surface area (Å²) in [5.41, 5.74) is 0.324. The molecule has 0 aromatic heterocycles. The number of benzene rings is 1. The second-order valence-corrected chi connectivity index (χ2v) is 9.53. The molecule has 1 aromatic rings. The second-order valence-electron chi connectivity index (χ2n) is 7.54. The van der Waals surface area contributed by atoms with Crippen LogP contribution in [0.5, 0.6) is 5.75 Å². The maximum absolute atomic E-state index is 12.9. The smallest absolute Gasteiger partial charge is 0.387 e. The van der Waals surface area contributed by atoms with Gasteiger partial charge in [-0.05, 0) is 25.0 Å². The molecule has 3 rings (SSSR count). The van der Waals surface area contributed by atoms with E-state index in [1.54, 1.807) is 13.1 Å². The molecule has 8 nitrogen and oxygen atoms in total. The van der Waals surface area contributed by atoms with Crippen molar-refractivity contribution < 1.29 is 26.7 Å². The molecule has 1 saturated carbocycles. The normalized spacial score (nSPS) is 19.3. The Morgan fingerprint density at radius 1 is 1.17 bits per heavy atom. The predicted octanol–water partition coefficient (Wildman–Crippen LogP) is 2.95. The average molecular weight is 447 g/mol. The number of carbonyl (C=O) groups is 1. The zero-order valence-electron chi connectivity index (χ0n) is 17.0. The number of nitrogens with one attached hydrogen (secondary N) is 1. The Hall–Kier alpha value is -1.98. The lowest BCUT2D eigenvalue weighted by atomic mass is 9.96. The van der Waals surface area contributed by atoms with E-state index in [1.165, 1.54) is 31.7 Å². The number of piperazine rings is 1. The van der Waals surface area contributed by atoms with Crippen LogP contribution < -0.4 is 10.1 Å². The average Bonchev–Trinajstić information content (AvgIpc) is 2.73. The fourth-order valence-electron chi connectivity index (χ4n) is 3.89. The van der Waals surface area contributed by atoms with Gasteiger partial charge >= 0.3 is 12.6 Å². The molecule has 2 aliphatic rings. The summed E-state index contributed by atoms with van der Waals surface area (Å²) < 4.78 is 57.8. The van der Waals surface area contributed by atoms with Gasteiger partial charge in [-0.15, -0.1) is 0 Å². The van der Waals surface area contributed by atoms with Crippen molar-refractivity contribution in [2.45, 2.75) is 44.8 Å². The van der Waals surface area contributed by atoms with Crippen molar-refractivity contribution in [1.29, 1.82) is 0 Å². The lowest BCUT2D eigenvalue weighted by Gasteiger charge is -2.38. The second kappa shape index (κ2) is 9.88. The largest absolute Gasteiger partial charge is 0.435 e. The van der Waals surface area contributed by atoms with Gasteiger partial charge in [0.25, 0.3) is 10.2 Å². The first-order valence-corrected chi connectivity index (χ1v) is 11.5. The van der Waals surface area contributed by atoms with E-state index in [-0.39, 0.29) is 38.0 Å². The van der Waals surface area contributed by atoms with Crippen molar-refractivity contribution in [2.75, 3.05) is 38.5 Å². The van der Waals surface area contributed by atoms with E-state index in [9.17, 15) is 22.0 Å². The first kappa shape index (κ1) is 22.7. The number of anilines is 1. The van der Waals surface area contributed by atoms with Gasteiger partial charge in [-0.25, -0.2) is 4.79 Å². The van der Waals surface area contributed by atoms with Crippen LogP contribution in [0.4, 0.5) is 19.3 Å². The molecule has 1 heterocycles. The zero-order valence-corrected chi connectivity index (χ0v) is 17.8. The van der Waals surface area contributed by atoms with Gasteiger partial charge in [0.05, 0.1) is 0 Å². The van der Waals surface area contributed by atoms with Crippen LogP contribution in [0.15, 0.2) is 24.3 Å². The Morgan fingerprint density at radius 2 is 1.83 bits per heavy atom. The first-order chi connectivity index (χ1) is 14.3. The van der Waals surface area contributed by atoms with Crippen LogP contribution in [0, 0.1) is 0 Å². The molecule has 11 heteroatoms. The van der Waals surface area contributed by atoms with Gasteiger partial charge in [0.2, 0.25) is 0 Å². The Balaban J connectivity index is 1.54. The van der Waals surface area contributed by atoms with Gasteiger partial charge in [-0.3, -0.25) is 0 Å². The monoisotopic (exact) mass is 446 g/mol. The molecule has 1 aliphatic carbocycles. The third kappa shape index (κ3) is 5.58. The van der Waals surface area contributed by atoms with Gasteiger partial charge in [0.1, 0.15) is 5.75 Å². The molecule has 1 saturated heterocycles. The van der Waals surface area contributed by atoms with E-state index in [0.29, 0.717) is 5.69 Å². The Kier molecular flexibility index (Phi) is 7.48. The summed E-state index contributed by atoms with van der Waals surface area (Å²) in [7, 11) is -1.93. The number of ether oxygens (including phenoxy) is 1. The van der Waals surface area contributed by atoms with Gasteiger partial charge in [0.15, 0.2) is 0 Å². The van der Waals surface area contributed by atoms with Crippen molar-refractivity contribution >= 4 is 21.9 Å². The predicted molar refractivity (Wildman–Crippen MR) is 109 cm³/mol. The fraction of sp³-hybridized carbons (Fsp3) is 0.632. The molecule has 168 valence electrons. The highest BCUT2D eigenvalue weighted by atomic mass is 32.2. The van der Waals surface area contributed by atoms with E-state index in [2.05, 4.69) is 10.1 Å². The van der Waals surface area contributed by atoms with Crippen LogP contribution in [0.25, 0.3) is 0 Å². The molecule has 1 aliphatic heterocycles. The summed E-state index contributed by atoms with van der Waals surface area (Å²) in [5, 5.41) is 2.64. The summed E-state index contributed by atoms with van der Waals surface area (Å²) in [6.45, 7) is -2.03. The number of hydrogen-bond donors (Lipinski definition) is 1. The van der Waals surface area contributed by atoms with E-state index >= 15 is 0 Å². The molecule has 0 radical (unpaired) electrons. The van der Waals surface area contributed by atoms with Crippen LogP contribution in [-0.2, 0) is 10.2 Å². The Labute approximate surface area is 175 Å². The van der Waals surface area contributed by atoms with Crippen LogP contribution in [0.2, 0.25) is 0 Å². The molecular weight excluding hydrogens is 418 g/mol. The summed E-state index contributed by atoms with van der Waals surface area (Å²) in [6, 6.07) is 5.36. The van der Waals surface area contributed by atoms with Gasteiger partial charge in [-0.1, -0.05) is 25.3 Å². The quantitative estimate of drug-likeness (QED) is 0.729. The maximum Gasteiger partial charge on any atom is 0.387 e. The van der Waals surface area contributed by atoms with Crippen molar-refractivity contribution in [1.82, 2.24) is 13.5 Å². The summed E-state index contributed by atoms with van der Waals surface area (Å²) in [6.07, 6.45) is 5.00. The molecule has 1 N–H and O–H groups in total. The molecule has 0 bridgehead atoms. The lowest BCUT2D eigenvalue weighted by molar-refractivity contribution is -0.0498. The number of nitrogens with zero attached hydrogens (tertiary/aromatic N) is 3. The van der Waals surface area contributed by atoms with Gasteiger partial charge < -0.3 is 15.0 Å². The number of alkyl halides is 2. The molecule has 2 fully saturated rings. The van der Waals surface area contributed by atoms with E-state index < -0.39 is 22.9 Å². The summed E-state index contributed by atoms with van der Waals surface area (Å²) in [5.74, 6) is -0.0514. The summed E-state index contributed by atoms with van der Waals surface area (Å²) >= 11 is 0. The number of carbonyl (C=O) groups excluding carboxylic acids is 1. The van der Waals surface area contributed by atoms with Crippen LogP contribution in [0.3, 0.4) is 0 Å². The highest BCUT2D eigenvalue weighted by molar-refractivity contribution is 7.86. The van der Waals surface area contributed by atoms with Crippen molar-refractivity contribution in [3.05, 3.63) is 24.3 Å². The van der Waals surface area contributed by atoms with E-state index in [0.717, 1.165) is 32.1 Å². The van der Waals surface area contributed by atoms with Crippen LogP contribution in [-0.4, -0.2) is 73.8 Å². The standard InChI is InChI=1S/C19H28F2N4O4S/c1-23(16-7-3-2-4-8-16)30(27,28)25-12-10-24(11-13-25)19(26)22-15-6-5-9-17(14-15)29-18(20)21/h5-6,9,14,16,18H,2-4,7-8,10-13H2,1H3,(H,22,26). The third-order valence-electron chi connectivity index (χ3n) is 5.62. The van der Waals surface area contributed by atoms with Gasteiger partial charge in [-0.2, -0.15) is 25.8 Å². The molecule has 1 aromatic carbocycles. The molecule has 0 atom stereocenters.